The van der Waals surface area contributed by atoms with E-state index in [0.717, 1.165) is 17.7 Å². The molecule has 2 aromatic carbocycles. The summed E-state index contributed by atoms with van der Waals surface area (Å²) in [5.74, 6) is -0.132. The van der Waals surface area contributed by atoms with E-state index in [4.69, 9.17) is 5.26 Å². The largest absolute Gasteiger partial charge is 0.416 e. The molecule has 0 saturated carbocycles. The predicted molar refractivity (Wildman–Crippen MR) is 128 cm³/mol. The molecule has 3 aromatic rings. The van der Waals surface area contributed by atoms with E-state index in [9.17, 15) is 22.4 Å². The SMILES string of the molecule is Cc1ncc(CN(Cc2cc(C(F)(F)F)ccc2F)C(=O)N2CCNCC2)n1Cc1ccc(C#N)cc1. The van der Waals surface area contributed by atoms with Crippen LogP contribution in [-0.4, -0.2) is 51.6 Å². The Balaban J connectivity index is 1.64. The molecule has 4 rings (SSSR count). The number of carbonyl (C=O) groups excluding carboxylic acids is 1. The van der Waals surface area contributed by atoms with Crippen LogP contribution in [0, 0.1) is 24.1 Å². The summed E-state index contributed by atoms with van der Waals surface area (Å²) in [5.41, 5.74) is 0.901. The Morgan fingerprint density at radius 3 is 2.49 bits per heavy atom. The van der Waals surface area contributed by atoms with Crippen molar-refractivity contribution >= 4 is 6.03 Å². The summed E-state index contributed by atoms with van der Waals surface area (Å²) in [6.07, 6.45) is -3.02. The number of aromatic nitrogens is 2. The van der Waals surface area contributed by atoms with Crippen molar-refractivity contribution in [3.8, 4) is 6.07 Å². The lowest BCUT2D eigenvalue weighted by Gasteiger charge is -2.33. The van der Waals surface area contributed by atoms with Gasteiger partial charge >= 0.3 is 12.2 Å². The zero-order chi connectivity index (χ0) is 26.6. The molecule has 7 nitrogen and oxygen atoms in total. The number of nitriles is 1. The highest BCUT2D eigenvalue weighted by atomic mass is 19.4. The molecule has 2 amide bonds. The minimum atomic E-state index is -4.63. The number of rotatable bonds is 6. The first-order valence-electron chi connectivity index (χ1n) is 11.8. The van der Waals surface area contributed by atoms with E-state index in [1.54, 1.807) is 23.2 Å². The molecule has 0 radical (unpaired) electrons. The molecule has 1 aromatic heterocycles. The molecule has 2 heterocycles. The fourth-order valence-electron chi connectivity index (χ4n) is 4.25. The highest BCUT2D eigenvalue weighted by molar-refractivity contribution is 5.74. The van der Waals surface area contributed by atoms with E-state index >= 15 is 0 Å². The van der Waals surface area contributed by atoms with Gasteiger partial charge in [-0.15, -0.1) is 0 Å². The molecule has 0 atom stereocenters. The third-order valence-electron chi connectivity index (χ3n) is 6.31. The number of alkyl halides is 3. The van der Waals surface area contributed by atoms with Gasteiger partial charge in [-0.25, -0.2) is 14.2 Å². The summed E-state index contributed by atoms with van der Waals surface area (Å²) >= 11 is 0. The number of imidazole rings is 1. The van der Waals surface area contributed by atoms with Crippen LogP contribution in [-0.2, 0) is 25.8 Å². The first-order chi connectivity index (χ1) is 17.7. The molecular weight excluding hydrogens is 488 g/mol. The van der Waals surface area contributed by atoms with Crippen molar-refractivity contribution in [3.63, 3.8) is 0 Å². The summed E-state index contributed by atoms with van der Waals surface area (Å²) in [6.45, 7) is 3.96. The predicted octanol–water partition coefficient (Wildman–Crippen LogP) is 4.30. The van der Waals surface area contributed by atoms with Crippen molar-refractivity contribution in [2.75, 3.05) is 26.2 Å². The van der Waals surface area contributed by atoms with Crippen LogP contribution in [0.5, 0.6) is 0 Å². The van der Waals surface area contributed by atoms with Gasteiger partial charge in [0.05, 0.1) is 42.2 Å². The van der Waals surface area contributed by atoms with Gasteiger partial charge < -0.3 is 19.7 Å². The molecule has 0 spiro atoms. The van der Waals surface area contributed by atoms with E-state index in [1.165, 1.54) is 4.90 Å². The average molecular weight is 515 g/mol. The normalized spacial score (nSPS) is 13.9. The Kier molecular flexibility index (Phi) is 7.78. The number of hydrogen-bond donors (Lipinski definition) is 1. The topological polar surface area (TPSA) is 77.2 Å². The number of urea groups is 1. The molecule has 1 fully saturated rings. The van der Waals surface area contributed by atoms with Gasteiger partial charge in [-0.05, 0) is 42.8 Å². The third-order valence-corrected chi connectivity index (χ3v) is 6.31. The quantitative estimate of drug-likeness (QED) is 0.498. The number of amides is 2. The van der Waals surface area contributed by atoms with E-state index < -0.39 is 17.6 Å². The van der Waals surface area contributed by atoms with Crippen LogP contribution in [0.1, 0.15) is 33.8 Å². The third kappa shape index (κ3) is 6.27. The lowest BCUT2D eigenvalue weighted by Crippen LogP contribution is -2.51. The van der Waals surface area contributed by atoms with Gasteiger partial charge in [-0.1, -0.05) is 12.1 Å². The van der Waals surface area contributed by atoms with Gasteiger partial charge in [0, 0.05) is 38.3 Å². The van der Waals surface area contributed by atoms with Gasteiger partial charge in [0.2, 0.25) is 0 Å². The fourth-order valence-corrected chi connectivity index (χ4v) is 4.25. The van der Waals surface area contributed by atoms with Crippen molar-refractivity contribution in [1.29, 1.82) is 5.26 Å². The van der Waals surface area contributed by atoms with Crippen LogP contribution >= 0.6 is 0 Å². The van der Waals surface area contributed by atoms with E-state index in [0.29, 0.717) is 55.9 Å². The number of carbonyl (C=O) groups is 1. The number of nitrogens with one attached hydrogen (secondary N) is 1. The maximum absolute atomic E-state index is 14.6. The zero-order valence-electron chi connectivity index (χ0n) is 20.2. The zero-order valence-corrected chi connectivity index (χ0v) is 20.2. The second-order valence-electron chi connectivity index (χ2n) is 8.87. The molecule has 0 unspecified atom stereocenters. The molecule has 0 bridgehead atoms. The van der Waals surface area contributed by atoms with Gasteiger partial charge in [-0.3, -0.25) is 0 Å². The number of nitrogens with zero attached hydrogens (tertiary/aromatic N) is 5. The lowest BCUT2D eigenvalue weighted by molar-refractivity contribution is -0.137. The number of benzene rings is 2. The van der Waals surface area contributed by atoms with Crippen molar-refractivity contribution in [2.45, 2.75) is 32.7 Å². The average Bonchev–Trinajstić information content (AvgIpc) is 3.23. The summed E-state index contributed by atoms with van der Waals surface area (Å²) < 4.78 is 56.4. The minimum absolute atomic E-state index is 0.0234. The Labute approximate surface area is 211 Å². The molecule has 1 N–H and O–H groups in total. The van der Waals surface area contributed by atoms with Gasteiger partial charge in [-0.2, -0.15) is 18.4 Å². The molecule has 37 heavy (non-hydrogen) atoms. The van der Waals surface area contributed by atoms with E-state index in [2.05, 4.69) is 16.4 Å². The standard InChI is InChI=1S/C26H26F4N6O/c1-18-33-14-23(36(18)15-20-4-2-19(13-31)3-5-20)17-35(25(37)34-10-8-32-9-11-34)16-21-12-22(26(28,29)30)6-7-24(21)27/h2-7,12,14,32H,8-11,15-17H2,1H3. The molecule has 1 aliphatic rings. The van der Waals surface area contributed by atoms with Crippen LogP contribution in [0.4, 0.5) is 22.4 Å². The van der Waals surface area contributed by atoms with Gasteiger partial charge in [0.25, 0.3) is 0 Å². The Morgan fingerprint density at radius 1 is 1.14 bits per heavy atom. The second kappa shape index (κ2) is 11.0. The van der Waals surface area contributed by atoms with Crippen LogP contribution < -0.4 is 5.32 Å². The maximum atomic E-state index is 14.6. The van der Waals surface area contributed by atoms with Crippen LogP contribution in [0.25, 0.3) is 0 Å². The summed E-state index contributed by atoms with van der Waals surface area (Å²) in [4.78, 5) is 20.8. The number of halogens is 4. The Morgan fingerprint density at radius 2 is 1.84 bits per heavy atom. The molecule has 1 aliphatic heterocycles. The molecule has 11 heteroatoms. The van der Waals surface area contributed by atoms with Crippen molar-refractivity contribution < 1.29 is 22.4 Å². The lowest BCUT2D eigenvalue weighted by atomic mass is 10.1. The molecule has 194 valence electrons. The van der Waals surface area contributed by atoms with Crippen molar-refractivity contribution in [1.82, 2.24) is 24.7 Å². The number of hydrogen-bond acceptors (Lipinski definition) is 4. The molecular formula is C26H26F4N6O. The summed E-state index contributed by atoms with van der Waals surface area (Å²) in [7, 11) is 0. The Bertz CT molecular complexity index is 1290. The maximum Gasteiger partial charge on any atom is 0.416 e. The molecule has 1 saturated heterocycles. The molecule has 0 aliphatic carbocycles. The smallest absolute Gasteiger partial charge is 0.326 e. The Hall–Kier alpha value is -3.91. The first kappa shape index (κ1) is 26.2. The van der Waals surface area contributed by atoms with Crippen LogP contribution in [0.15, 0.2) is 48.7 Å². The second-order valence-corrected chi connectivity index (χ2v) is 8.87. The highest BCUT2D eigenvalue weighted by Gasteiger charge is 2.32. The highest BCUT2D eigenvalue weighted by Crippen LogP contribution is 2.31. The fraction of sp³-hybridized carbons (Fsp3) is 0.346. The summed E-state index contributed by atoms with van der Waals surface area (Å²) in [5, 5.41) is 12.2. The minimum Gasteiger partial charge on any atom is -0.326 e. The van der Waals surface area contributed by atoms with Gasteiger partial charge in [0.15, 0.2) is 0 Å². The van der Waals surface area contributed by atoms with E-state index in [1.807, 2.05) is 23.6 Å². The number of piperazine rings is 1. The first-order valence-corrected chi connectivity index (χ1v) is 11.8. The van der Waals surface area contributed by atoms with Gasteiger partial charge in [0.1, 0.15) is 11.6 Å². The van der Waals surface area contributed by atoms with E-state index in [-0.39, 0.29) is 24.7 Å². The monoisotopic (exact) mass is 514 g/mol. The number of aryl methyl sites for hydroxylation is 1. The summed E-state index contributed by atoms with van der Waals surface area (Å²) in [6, 6.07) is 11.0. The van der Waals surface area contributed by atoms with Crippen molar-refractivity contribution in [2.24, 2.45) is 0 Å². The van der Waals surface area contributed by atoms with Crippen molar-refractivity contribution in [3.05, 3.63) is 88.3 Å². The van der Waals surface area contributed by atoms with Crippen LogP contribution in [0.3, 0.4) is 0 Å². The van der Waals surface area contributed by atoms with Crippen LogP contribution in [0.2, 0.25) is 0 Å².